The molecule has 1 unspecified atom stereocenters. The number of fused-ring (bicyclic) bond motifs is 1. The number of carbonyl (C=O) groups is 2. The molecule has 0 saturated heterocycles. The summed E-state index contributed by atoms with van der Waals surface area (Å²) in [7, 11) is 4.92. The highest BCUT2D eigenvalue weighted by Crippen LogP contribution is 2.31. The monoisotopic (exact) mass is 275 g/mol. The van der Waals surface area contributed by atoms with Gasteiger partial charge in [0, 0.05) is 32.4 Å². The van der Waals surface area contributed by atoms with Crippen LogP contribution in [0.3, 0.4) is 0 Å². The van der Waals surface area contributed by atoms with Crippen LogP contribution in [0.5, 0.6) is 0 Å². The minimum Gasteiger partial charge on any atom is -0.503 e. The van der Waals surface area contributed by atoms with Crippen molar-refractivity contribution in [3.8, 4) is 0 Å². The number of nitrogens with one attached hydrogen (secondary N) is 1. The summed E-state index contributed by atoms with van der Waals surface area (Å²) in [4.78, 5) is 26.7. The number of aliphatic hydroxyl groups is 1. The van der Waals surface area contributed by atoms with E-state index in [1.165, 1.54) is 15.9 Å². The molecule has 20 heavy (non-hydrogen) atoms. The standard InChI is InChI=1S/C14H17N3O3/c1-16(2)14(20)17(3)11-8-12(18)13(19)15-10-7-5-4-6-9(10)11/h4-8,11,18H,1-3H3,(H,15,19). The molecule has 0 spiro atoms. The number of carbonyl (C=O) groups excluding carboxylic acids is 2. The Bertz CT molecular complexity index is 581. The lowest BCUT2D eigenvalue weighted by Crippen LogP contribution is -2.38. The van der Waals surface area contributed by atoms with Gasteiger partial charge in [-0.05, 0) is 12.1 Å². The van der Waals surface area contributed by atoms with Crippen molar-refractivity contribution in [3.05, 3.63) is 41.7 Å². The Morgan fingerprint density at radius 1 is 1.25 bits per heavy atom. The number of rotatable bonds is 1. The van der Waals surface area contributed by atoms with Gasteiger partial charge >= 0.3 is 6.03 Å². The zero-order chi connectivity index (χ0) is 14.9. The van der Waals surface area contributed by atoms with Gasteiger partial charge in [0.2, 0.25) is 0 Å². The molecule has 1 heterocycles. The Hall–Kier alpha value is -2.50. The lowest BCUT2D eigenvalue weighted by atomic mass is 10.0. The summed E-state index contributed by atoms with van der Waals surface area (Å²) in [6.07, 6.45) is 1.38. The number of hydrogen-bond acceptors (Lipinski definition) is 3. The SMILES string of the molecule is CN(C)C(=O)N(C)C1C=C(O)C(=O)Nc2ccccc21. The number of amides is 3. The van der Waals surface area contributed by atoms with E-state index in [2.05, 4.69) is 5.32 Å². The highest BCUT2D eigenvalue weighted by atomic mass is 16.3. The fourth-order valence-corrected chi connectivity index (χ4v) is 2.12. The molecule has 106 valence electrons. The van der Waals surface area contributed by atoms with Gasteiger partial charge in [-0.3, -0.25) is 4.79 Å². The van der Waals surface area contributed by atoms with Crippen molar-refractivity contribution in [2.45, 2.75) is 6.04 Å². The third kappa shape index (κ3) is 2.45. The van der Waals surface area contributed by atoms with E-state index in [0.29, 0.717) is 5.69 Å². The molecular weight excluding hydrogens is 258 g/mol. The second kappa shape index (κ2) is 5.24. The maximum Gasteiger partial charge on any atom is 0.319 e. The lowest BCUT2D eigenvalue weighted by Gasteiger charge is -2.29. The van der Waals surface area contributed by atoms with Gasteiger partial charge in [0.1, 0.15) is 0 Å². The number of benzene rings is 1. The summed E-state index contributed by atoms with van der Waals surface area (Å²) in [5.41, 5.74) is 1.34. The third-order valence-electron chi connectivity index (χ3n) is 3.18. The molecule has 0 saturated carbocycles. The smallest absolute Gasteiger partial charge is 0.319 e. The zero-order valence-corrected chi connectivity index (χ0v) is 11.6. The maximum atomic E-state index is 12.1. The topological polar surface area (TPSA) is 72.9 Å². The number of urea groups is 1. The molecule has 0 aromatic heterocycles. The lowest BCUT2D eigenvalue weighted by molar-refractivity contribution is -0.115. The van der Waals surface area contributed by atoms with Gasteiger partial charge in [-0.15, -0.1) is 0 Å². The Morgan fingerprint density at radius 2 is 1.90 bits per heavy atom. The van der Waals surface area contributed by atoms with Crippen molar-refractivity contribution in [3.63, 3.8) is 0 Å². The molecule has 0 aliphatic carbocycles. The number of anilines is 1. The van der Waals surface area contributed by atoms with Gasteiger partial charge in [-0.25, -0.2) is 4.79 Å². The molecule has 2 rings (SSSR count). The van der Waals surface area contributed by atoms with Gasteiger partial charge in [-0.1, -0.05) is 18.2 Å². The van der Waals surface area contributed by atoms with Crippen molar-refractivity contribution in [1.29, 1.82) is 0 Å². The zero-order valence-electron chi connectivity index (χ0n) is 11.6. The summed E-state index contributed by atoms with van der Waals surface area (Å²) >= 11 is 0. The summed E-state index contributed by atoms with van der Waals surface area (Å²) < 4.78 is 0. The summed E-state index contributed by atoms with van der Waals surface area (Å²) in [6.45, 7) is 0. The van der Waals surface area contributed by atoms with Crippen molar-refractivity contribution in [2.24, 2.45) is 0 Å². The normalized spacial score (nSPS) is 17.4. The van der Waals surface area contributed by atoms with E-state index >= 15 is 0 Å². The average Bonchev–Trinajstić information content (AvgIpc) is 2.55. The highest BCUT2D eigenvalue weighted by molar-refractivity contribution is 6.03. The molecule has 0 fully saturated rings. The maximum absolute atomic E-state index is 12.1. The van der Waals surface area contributed by atoms with Crippen LogP contribution in [0.4, 0.5) is 10.5 Å². The Morgan fingerprint density at radius 3 is 2.55 bits per heavy atom. The van der Waals surface area contributed by atoms with E-state index in [-0.39, 0.29) is 6.03 Å². The first-order valence-corrected chi connectivity index (χ1v) is 6.17. The van der Waals surface area contributed by atoms with E-state index in [9.17, 15) is 14.7 Å². The first-order chi connectivity index (χ1) is 9.41. The van der Waals surface area contributed by atoms with Crippen molar-refractivity contribution < 1.29 is 14.7 Å². The minimum absolute atomic E-state index is 0.219. The van der Waals surface area contributed by atoms with Crippen LogP contribution in [-0.4, -0.2) is 48.0 Å². The quantitative estimate of drug-likeness (QED) is 0.820. The van der Waals surface area contributed by atoms with Crippen LogP contribution in [0.1, 0.15) is 11.6 Å². The molecule has 1 atom stereocenters. The minimum atomic E-state index is -0.578. The van der Waals surface area contributed by atoms with Gasteiger partial charge in [0.05, 0.1) is 6.04 Å². The van der Waals surface area contributed by atoms with Gasteiger partial charge in [0.25, 0.3) is 5.91 Å². The molecular formula is C14H17N3O3. The third-order valence-corrected chi connectivity index (χ3v) is 3.18. The summed E-state index contributed by atoms with van der Waals surface area (Å²) in [5.74, 6) is -0.977. The van der Waals surface area contributed by atoms with Crippen molar-refractivity contribution >= 4 is 17.6 Å². The summed E-state index contributed by atoms with van der Waals surface area (Å²) in [6, 6.07) is 6.42. The van der Waals surface area contributed by atoms with E-state index in [1.807, 2.05) is 12.1 Å². The largest absolute Gasteiger partial charge is 0.503 e. The van der Waals surface area contributed by atoms with Crippen LogP contribution in [0, 0.1) is 0 Å². The van der Waals surface area contributed by atoms with Gasteiger partial charge in [-0.2, -0.15) is 0 Å². The van der Waals surface area contributed by atoms with Gasteiger partial charge in [0.15, 0.2) is 5.76 Å². The van der Waals surface area contributed by atoms with E-state index in [0.717, 1.165) is 5.56 Å². The average molecular weight is 275 g/mol. The first kappa shape index (κ1) is 13.9. The predicted molar refractivity (Wildman–Crippen MR) is 75.4 cm³/mol. The van der Waals surface area contributed by atoms with Crippen molar-refractivity contribution in [1.82, 2.24) is 9.80 Å². The second-order valence-corrected chi connectivity index (χ2v) is 4.83. The van der Waals surface area contributed by atoms with Crippen LogP contribution in [0.2, 0.25) is 0 Å². The molecule has 0 bridgehead atoms. The number of nitrogens with zero attached hydrogens (tertiary/aromatic N) is 2. The predicted octanol–water partition coefficient (Wildman–Crippen LogP) is 1.74. The summed E-state index contributed by atoms with van der Waals surface area (Å²) in [5, 5.41) is 12.4. The number of hydrogen-bond donors (Lipinski definition) is 2. The number of aliphatic hydroxyl groups excluding tert-OH is 1. The van der Waals surface area contributed by atoms with Crippen LogP contribution in [-0.2, 0) is 4.79 Å². The first-order valence-electron chi connectivity index (χ1n) is 6.17. The van der Waals surface area contributed by atoms with Crippen LogP contribution in [0.25, 0.3) is 0 Å². The second-order valence-electron chi connectivity index (χ2n) is 4.83. The molecule has 6 heteroatoms. The molecule has 1 aromatic carbocycles. The molecule has 0 radical (unpaired) electrons. The van der Waals surface area contributed by atoms with E-state index < -0.39 is 17.7 Å². The van der Waals surface area contributed by atoms with Crippen molar-refractivity contribution in [2.75, 3.05) is 26.5 Å². The van der Waals surface area contributed by atoms with Gasteiger partial charge < -0.3 is 20.2 Å². The number of para-hydroxylation sites is 1. The molecule has 3 amide bonds. The van der Waals surface area contributed by atoms with Crippen LogP contribution in [0.15, 0.2) is 36.1 Å². The Balaban J connectivity index is 2.49. The number of likely N-dealkylation sites (N-methyl/N-ethyl adjacent to an activating group) is 1. The molecule has 1 aromatic rings. The van der Waals surface area contributed by atoms with E-state index in [1.54, 1.807) is 33.3 Å². The van der Waals surface area contributed by atoms with Crippen LogP contribution >= 0.6 is 0 Å². The Labute approximate surface area is 117 Å². The molecule has 2 N–H and O–H groups in total. The van der Waals surface area contributed by atoms with Crippen LogP contribution < -0.4 is 5.32 Å². The fraction of sp³-hybridized carbons (Fsp3) is 0.286. The molecule has 1 aliphatic rings. The molecule has 6 nitrogen and oxygen atoms in total. The fourth-order valence-electron chi connectivity index (χ4n) is 2.12. The van der Waals surface area contributed by atoms with E-state index in [4.69, 9.17) is 0 Å². The highest BCUT2D eigenvalue weighted by Gasteiger charge is 2.28. The Kier molecular flexibility index (Phi) is 3.65. The molecule has 1 aliphatic heterocycles.